The molecule has 1 aliphatic rings. The van der Waals surface area contributed by atoms with E-state index in [1.54, 1.807) is 0 Å². The Kier molecular flexibility index (Phi) is 14.6. The highest BCUT2D eigenvalue weighted by atomic mass is 79.9. The van der Waals surface area contributed by atoms with E-state index < -0.39 is 5.60 Å². The van der Waals surface area contributed by atoms with Gasteiger partial charge >= 0.3 is 0 Å². The van der Waals surface area contributed by atoms with Gasteiger partial charge < -0.3 is 20.1 Å². The molecule has 48 heavy (non-hydrogen) atoms. The van der Waals surface area contributed by atoms with E-state index in [1.807, 2.05) is 12.1 Å². The lowest BCUT2D eigenvalue weighted by atomic mass is 9.79. The van der Waals surface area contributed by atoms with Crippen molar-refractivity contribution in [2.45, 2.75) is 103 Å². The molecule has 4 nitrogen and oxygen atoms in total. The number of aliphatic hydroxyl groups is 1. The molecule has 0 radical (unpaired) electrons. The molecule has 4 aromatic carbocycles. The Labute approximate surface area is 304 Å². The molecular weight excluding hydrogens is 728 g/mol. The second-order valence-corrected chi connectivity index (χ2v) is 14.8. The smallest absolute Gasteiger partial charge is 0.142 e. The zero-order chi connectivity index (χ0) is 33.2. The lowest BCUT2D eigenvalue weighted by Gasteiger charge is -2.30. The zero-order valence-corrected chi connectivity index (χ0v) is 32.0. The van der Waals surface area contributed by atoms with E-state index in [1.165, 1.54) is 64.2 Å². The maximum Gasteiger partial charge on any atom is 0.142 e. The Balaban J connectivity index is 0.00000520. The molecule has 0 amide bonds. The van der Waals surface area contributed by atoms with Gasteiger partial charge in [0.15, 0.2) is 0 Å². The van der Waals surface area contributed by atoms with Crippen LogP contribution in [0.5, 0.6) is 11.5 Å². The summed E-state index contributed by atoms with van der Waals surface area (Å²) in [5, 5.41) is 13.1. The first-order chi connectivity index (χ1) is 22.9. The maximum atomic E-state index is 13.1. The molecule has 0 fully saturated rings. The summed E-state index contributed by atoms with van der Waals surface area (Å²) < 4.78 is 14.5. The van der Waals surface area contributed by atoms with Gasteiger partial charge in [-0.2, -0.15) is 0 Å². The lowest BCUT2D eigenvalue weighted by Crippen LogP contribution is -2.27. The first kappa shape index (κ1) is 38.2. The Bertz CT molecular complexity index is 1560. The van der Waals surface area contributed by atoms with E-state index in [9.17, 15) is 5.11 Å². The Morgan fingerprint density at radius 2 is 0.979 bits per heavy atom. The molecule has 4 aromatic rings. The van der Waals surface area contributed by atoms with Crippen LogP contribution in [0.4, 0.5) is 0 Å². The molecule has 6 heteroatoms. The first-order valence-electron chi connectivity index (χ1n) is 17.7. The van der Waals surface area contributed by atoms with Crippen molar-refractivity contribution in [3.05, 3.63) is 104 Å². The minimum Gasteiger partial charge on any atom is -0.494 e. The fourth-order valence-corrected chi connectivity index (χ4v) is 7.70. The van der Waals surface area contributed by atoms with Crippen LogP contribution in [0.15, 0.2) is 81.7 Å². The predicted octanol–water partition coefficient (Wildman–Crippen LogP) is 12.1. The fraction of sp³-hybridized carbons (Fsp3) is 0.429. The Morgan fingerprint density at radius 3 is 1.48 bits per heavy atom. The number of benzene rings is 4. The van der Waals surface area contributed by atoms with Gasteiger partial charge in [-0.1, -0.05) is 134 Å². The van der Waals surface area contributed by atoms with Crippen LogP contribution in [-0.2, 0) is 5.60 Å². The number of unbranched alkanes of at least 4 members (excludes halogenated alkanes) is 10. The van der Waals surface area contributed by atoms with Crippen molar-refractivity contribution in [2.24, 2.45) is 0 Å². The summed E-state index contributed by atoms with van der Waals surface area (Å²) in [7, 11) is 0. The molecule has 0 saturated heterocycles. The van der Waals surface area contributed by atoms with E-state index >= 15 is 0 Å². The van der Waals surface area contributed by atoms with Crippen molar-refractivity contribution < 1.29 is 20.1 Å². The molecule has 1 aliphatic carbocycles. The molecule has 0 saturated carbocycles. The summed E-state index contributed by atoms with van der Waals surface area (Å²) in [5.74, 6) is 1.67. The predicted molar refractivity (Wildman–Crippen MR) is 207 cm³/mol. The number of halogens is 2. The Morgan fingerprint density at radius 1 is 0.521 bits per heavy atom. The Hall–Kier alpha value is -2.64. The average Bonchev–Trinajstić information content (AvgIpc) is 3.32. The molecule has 0 unspecified atom stereocenters. The van der Waals surface area contributed by atoms with Crippen LogP contribution in [0, 0.1) is 6.92 Å². The summed E-state index contributed by atoms with van der Waals surface area (Å²) in [6.45, 7) is 8.01. The van der Waals surface area contributed by atoms with Gasteiger partial charge in [0.25, 0.3) is 0 Å². The summed E-state index contributed by atoms with van der Waals surface area (Å²) in [6, 6.07) is 24.9. The van der Waals surface area contributed by atoms with Gasteiger partial charge in [0.2, 0.25) is 0 Å². The maximum absolute atomic E-state index is 13.1. The highest BCUT2D eigenvalue weighted by Crippen LogP contribution is 2.55. The lowest BCUT2D eigenvalue weighted by molar-refractivity contribution is 0.131. The van der Waals surface area contributed by atoms with Crippen LogP contribution in [0.3, 0.4) is 0 Å². The van der Waals surface area contributed by atoms with Crippen LogP contribution in [0.1, 0.15) is 113 Å². The number of fused-ring (bicyclic) bond motifs is 3. The van der Waals surface area contributed by atoms with Crippen LogP contribution in [0.25, 0.3) is 22.3 Å². The molecular formula is C42H52Br2O4. The molecule has 258 valence electrons. The largest absolute Gasteiger partial charge is 0.494 e. The van der Waals surface area contributed by atoms with Gasteiger partial charge in [0.05, 0.1) is 13.2 Å². The standard InChI is InChI=1S/C42H50Br2O3.H2O/c1-4-6-8-10-12-14-24-46-33-18-22-39-37(28-33)38-29-34(47-25-15-13-11-9-7-5-2)19-23-40(38)42(39,45)41-27-32(44)17-21-36(41)35-20-16-31(43)26-30(35)3;/h16-23,26-29,45H,4-15,24-25H2,1-3H3;1H2. The van der Waals surface area contributed by atoms with Crippen LogP contribution >= 0.6 is 31.9 Å². The van der Waals surface area contributed by atoms with E-state index in [4.69, 9.17) is 9.47 Å². The number of hydrogen-bond acceptors (Lipinski definition) is 3. The van der Waals surface area contributed by atoms with Gasteiger partial charge in [-0.15, -0.1) is 0 Å². The van der Waals surface area contributed by atoms with Gasteiger partial charge in [0.1, 0.15) is 17.1 Å². The van der Waals surface area contributed by atoms with E-state index in [0.717, 1.165) is 77.8 Å². The van der Waals surface area contributed by atoms with Crippen molar-refractivity contribution in [2.75, 3.05) is 13.2 Å². The molecule has 0 atom stereocenters. The first-order valence-corrected chi connectivity index (χ1v) is 19.3. The normalized spacial score (nSPS) is 12.7. The minimum absolute atomic E-state index is 0. The zero-order valence-electron chi connectivity index (χ0n) is 28.8. The van der Waals surface area contributed by atoms with Gasteiger partial charge in [-0.25, -0.2) is 0 Å². The number of aryl methyl sites for hydroxylation is 1. The monoisotopic (exact) mass is 778 g/mol. The third-order valence-electron chi connectivity index (χ3n) is 9.44. The highest BCUT2D eigenvalue weighted by molar-refractivity contribution is 9.10. The average molecular weight is 781 g/mol. The fourth-order valence-electron chi connectivity index (χ4n) is 6.86. The minimum atomic E-state index is -1.36. The number of ether oxygens (including phenoxy) is 2. The quantitative estimate of drug-likeness (QED) is 0.102. The summed E-state index contributed by atoms with van der Waals surface area (Å²) in [6.07, 6.45) is 14.7. The van der Waals surface area contributed by atoms with Gasteiger partial charge in [-0.3, -0.25) is 0 Å². The molecule has 0 aliphatic heterocycles. The second kappa shape index (κ2) is 18.4. The topological polar surface area (TPSA) is 70.2 Å². The third kappa shape index (κ3) is 8.93. The van der Waals surface area contributed by atoms with Crippen molar-refractivity contribution in [3.8, 4) is 33.8 Å². The SMILES string of the molecule is CCCCCCCCOc1ccc2c(c1)-c1cc(OCCCCCCCC)ccc1C2(O)c1cc(Br)ccc1-c1ccc(Br)cc1C.O. The van der Waals surface area contributed by atoms with Crippen molar-refractivity contribution in [1.29, 1.82) is 0 Å². The summed E-state index contributed by atoms with van der Waals surface area (Å²) in [4.78, 5) is 0. The second-order valence-electron chi connectivity index (χ2n) is 13.0. The number of rotatable bonds is 18. The van der Waals surface area contributed by atoms with E-state index in [-0.39, 0.29) is 5.48 Å². The molecule has 0 bridgehead atoms. The van der Waals surface area contributed by atoms with Crippen molar-refractivity contribution in [3.63, 3.8) is 0 Å². The molecule has 0 spiro atoms. The van der Waals surface area contributed by atoms with Crippen molar-refractivity contribution >= 4 is 31.9 Å². The van der Waals surface area contributed by atoms with E-state index in [2.05, 4.69) is 113 Å². The van der Waals surface area contributed by atoms with Crippen LogP contribution in [0.2, 0.25) is 0 Å². The highest BCUT2D eigenvalue weighted by Gasteiger charge is 2.45. The van der Waals surface area contributed by atoms with Gasteiger partial charge in [-0.05, 0) is 96.1 Å². The van der Waals surface area contributed by atoms with Crippen LogP contribution < -0.4 is 9.47 Å². The molecule has 0 heterocycles. The number of hydrogen-bond donors (Lipinski definition) is 1. The molecule has 5 rings (SSSR count). The summed E-state index contributed by atoms with van der Waals surface area (Å²) in [5.41, 5.74) is 6.43. The van der Waals surface area contributed by atoms with Crippen LogP contribution in [-0.4, -0.2) is 23.8 Å². The van der Waals surface area contributed by atoms with Gasteiger partial charge in [0, 0.05) is 25.6 Å². The van der Waals surface area contributed by atoms with Crippen molar-refractivity contribution in [1.82, 2.24) is 0 Å². The molecule has 0 aromatic heterocycles. The summed E-state index contributed by atoms with van der Waals surface area (Å²) >= 11 is 7.35. The third-order valence-corrected chi connectivity index (χ3v) is 10.4. The molecule has 3 N–H and O–H groups in total. The van der Waals surface area contributed by atoms with E-state index in [0.29, 0.717) is 13.2 Å².